The summed E-state index contributed by atoms with van der Waals surface area (Å²) >= 11 is 1.30. The summed E-state index contributed by atoms with van der Waals surface area (Å²) in [6, 6.07) is 13.3. The van der Waals surface area contributed by atoms with Gasteiger partial charge in [0.2, 0.25) is 11.8 Å². The fourth-order valence-electron chi connectivity index (χ4n) is 2.90. The van der Waals surface area contributed by atoms with Crippen LogP contribution in [0.15, 0.2) is 58.3 Å². The summed E-state index contributed by atoms with van der Waals surface area (Å²) in [4.78, 5) is 24.3. The average Bonchev–Trinajstić information content (AvgIpc) is 3.20. The van der Waals surface area contributed by atoms with Gasteiger partial charge in [-0.1, -0.05) is 42.1 Å². The number of nitrogens with two attached hydrogens (primary N) is 1. The van der Waals surface area contributed by atoms with E-state index in [0.29, 0.717) is 23.3 Å². The average molecular weight is 411 g/mol. The van der Waals surface area contributed by atoms with Crippen LogP contribution >= 0.6 is 11.8 Å². The van der Waals surface area contributed by atoms with Gasteiger partial charge in [0.15, 0.2) is 16.7 Å². The van der Waals surface area contributed by atoms with Gasteiger partial charge in [-0.3, -0.25) is 14.2 Å². The number of nitrogens with one attached hydrogen (secondary N) is 1. The molecule has 0 bridgehead atoms. The van der Waals surface area contributed by atoms with E-state index in [1.165, 1.54) is 11.8 Å². The zero-order chi connectivity index (χ0) is 20.2. The van der Waals surface area contributed by atoms with Crippen LogP contribution in [0.4, 0.5) is 0 Å². The van der Waals surface area contributed by atoms with E-state index < -0.39 is 11.2 Å². The van der Waals surface area contributed by atoms with E-state index in [2.05, 4.69) is 15.5 Å². The first kappa shape index (κ1) is 19.3. The first-order chi connectivity index (χ1) is 14.1. The predicted molar refractivity (Wildman–Crippen MR) is 108 cm³/mol. The van der Waals surface area contributed by atoms with E-state index >= 15 is 0 Å². The molecule has 3 aromatic rings. The lowest BCUT2D eigenvalue weighted by Crippen LogP contribution is -2.30. The summed E-state index contributed by atoms with van der Waals surface area (Å²) in [7, 11) is 0. The Morgan fingerprint density at radius 2 is 2.00 bits per heavy atom. The van der Waals surface area contributed by atoms with Crippen LogP contribution in [0.25, 0.3) is 11.6 Å². The van der Waals surface area contributed by atoms with Crippen molar-refractivity contribution in [1.29, 1.82) is 0 Å². The van der Waals surface area contributed by atoms with E-state index in [4.69, 9.17) is 10.2 Å². The van der Waals surface area contributed by atoms with Gasteiger partial charge in [0, 0.05) is 19.0 Å². The Kier molecular flexibility index (Phi) is 5.66. The summed E-state index contributed by atoms with van der Waals surface area (Å²) in [6.45, 7) is 0.298. The van der Waals surface area contributed by atoms with Crippen LogP contribution in [-0.2, 0) is 16.1 Å². The molecule has 1 saturated carbocycles. The van der Waals surface area contributed by atoms with Crippen molar-refractivity contribution >= 4 is 23.6 Å². The molecule has 1 aromatic carbocycles. The highest BCUT2D eigenvalue weighted by molar-refractivity contribution is 8.00. The number of aromatic nitrogens is 3. The molecule has 1 aliphatic carbocycles. The summed E-state index contributed by atoms with van der Waals surface area (Å²) in [5.41, 5.74) is 6.22. The molecule has 150 valence electrons. The number of carbonyl (C=O) groups excluding carboxylic acids is 2. The summed E-state index contributed by atoms with van der Waals surface area (Å²) in [5.74, 6) is 0.541. The maximum Gasteiger partial charge on any atom is 0.238 e. The Labute approximate surface area is 171 Å². The topological polar surface area (TPSA) is 116 Å². The monoisotopic (exact) mass is 411 g/mol. The lowest BCUT2D eigenvalue weighted by molar-refractivity contribution is -0.121. The Morgan fingerprint density at radius 3 is 2.66 bits per heavy atom. The number of primary amides is 1. The van der Waals surface area contributed by atoms with Gasteiger partial charge in [-0.2, -0.15) is 0 Å². The van der Waals surface area contributed by atoms with Crippen LogP contribution < -0.4 is 11.1 Å². The molecule has 1 atom stereocenters. The fraction of sp³-hybridized carbons (Fsp3) is 0.300. The normalized spacial score (nSPS) is 14.5. The molecule has 9 heteroatoms. The van der Waals surface area contributed by atoms with E-state index in [-0.39, 0.29) is 18.4 Å². The van der Waals surface area contributed by atoms with Gasteiger partial charge in [0.1, 0.15) is 5.25 Å². The number of thioether (sulfide) groups is 1. The maximum absolute atomic E-state index is 12.9. The molecule has 1 fully saturated rings. The molecule has 3 N–H and O–H groups in total. The first-order valence-corrected chi connectivity index (χ1v) is 10.3. The van der Waals surface area contributed by atoms with Gasteiger partial charge in [0.25, 0.3) is 0 Å². The van der Waals surface area contributed by atoms with Crippen LogP contribution in [0.2, 0.25) is 0 Å². The van der Waals surface area contributed by atoms with Gasteiger partial charge in [-0.05, 0) is 30.5 Å². The molecule has 0 radical (unpaired) electrons. The molecule has 1 unspecified atom stereocenters. The number of hydrogen-bond donors (Lipinski definition) is 2. The third kappa shape index (κ3) is 4.68. The van der Waals surface area contributed by atoms with Crippen molar-refractivity contribution in [2.45, 2.75) is 42.3 Å². The highest BCUT2D eigenvalue weighted by Crippen LogP contribution is 2.37. The van der Waals surface area contributed by atoms with Crippen molar-refractivity contribution in [3.05, 3.63) is 54.3 Å². The number of furan rings is 1. The van der Waals surface area contributed by atoms with Gasteiger partial charge < -0.3 is 15.5 Å². The summed E-state index contributed by atoms with van der Waals surface area (Å²) in [6.07, 6.45) is 3.69. The molecule has 8 nitrogen and oxygen atoms in total. The van der Waals surface area contributed by atoms with Crippen LogP contribution in [0.3, 0.4) is 0 Å². The van der Waals surface area contributed by atoms with Crippen molar-refractivity contribution < 1.29 is 14.0 Å². The second-order valence-corrected chi connectivity index (χ2v) is 7.92. The SMILES string of the molecule is NC(=O)CCn1c(SC(C(=O)NC2CC2)c2ccccc2)nnc1-c1ccco1. The Balaban J connectivity index is 1.65. The van der Waals surface area contributed by atoms with Gasteiger partial charge >= 0.3 is 0 Å². The molecule has 0 saturated heterocycles. The van der Waals surface area contributed by atoms with Crippen molar-refractivity contribution in [3.8, 4) is 11.6 Å². The highest BCUT2D eigenvalue weighted by atomic mass is 32.2. The molecule has 2 heterocycles. The van der Waals surface area contributed by atoms with Gasteiger partial charge in [0.05, 0.1) is 6.26 Å². The highest BCUT2D eigenvalue weighted by Gasteiger charge is 2.31. The van der Waals surface area contributed by atoms with Crippen molar-refractivity contribution in [3.63, 3.8) is 0 Å². The van der Waals surface area contributed by atoms with Crippen LogP contribution in [-0.4, -0.2) is 32.6 Å². The largest absolute Gasteiger partial charge is 0.461 e. The summed E-state index contributed by atoms with van der Waals surface area (Å²) < 4.78 is 7.22. The number of benzene rings is 1. The Bertz CT molecular complexity index is 983. The van der Waals surface area contributed by atoms with Crippen LogP contribution in [0, 0.1) is 0 Å². The molecule has 0 aliphatic heterocycles. The lowest BCUT2D eigenvalue weighted by atomic mass is 10.1. The molecule has 1 aliphatic rings. The van der Waals surface area contributed by atoms with E-state index in [0.717, 1.165) is 18.4 Å². The smallest absolute Gasteiger partial charge is 0.238 e. The van der Waals surface area contributed by atoms with Crippen LogP contribution in [0.5, 0.6) is 0 Å². The molecule has 0 spiro atoms. The van der Waals surface area contributed by atoms with E-state index in [1.807, 2.05) is 30.3 Å². The fourth-order valence-corrected chi connectivity index (χ4v) is 3.97. The van der Waals surface area contributed by atoms with Gasteiger partial charge in [-0.15, -0.1) is 10.2 Å². The predicted octanol–water partition coefficient (Wildman–Crippen LogP) is 2.53. The quantitative estimate of drug-likeness (QED) is 0.523. The zero-order valence-electron chi connectivity index (χ0n) is 15.7. The molecule has 2 aromatic heterocycles. The first-order valence-electron chi connectivity index (χ1n) is 9.39. The number of carbonyl (C=O) groups is 2. The molecule has 4 rings (SSSR count). The number of nitrogens with zero attached hydrogens (tertiary/aromatic N) is 3. The second-order valence-electron chi connectivity index (χ2n) is 6.84. The minimum absolute atomic E-state index is 0.0623. The number of hydrogen-bond acceptors (Lipinski definition) is 6. The number of rotatable bonds is 9. The minimum atomic E-state index is -0.488. The second kappa shape index (κ2) is 8.52. The van der Waals surface area contributed by atoms with Crippen LogP contribution in [0.1, 0.15) is 30.1 Å². The summed E-state index contributed by atoms with van der Waals surface area (Å²) in [5, 5.41) is 11.6. The molecule has 29 heavy (non-hydrogen) atoms. The Morgan fingerprint density at radius 1 is 1.21 bits per heavy atom. The standard InChI is InChI=1S/C20H21N5O3S/c21-16(26)10-11-25-18(15-7-4-12-28-15)23-24-20(25)29-17(13-5-2-1-3-6-13)19(27)22-14-8-9-14/h1-7,12,14,17H,8-11H2,(H2,21,26)(H,22,27). The Hall–Kier alpha value is -3.07. The number of amides is 2. The van der Waals surface area contributed by atoms with Crippen molar-refractivity contribution in [1.82, 2.24) is 20.1 Å². The van der Waals surface area contributed by atoms with Crippen molar-refractivity contribution in [2.75, 3.05) is 0 Å². The maximum atomic E-state index is 12.9. The molecular weight excluding hydrogens is 390 g/mol. The van der Waals surface area contributed by atoms with E-state index in [1.54, 1.807) is 23.0 Å². The molecule has 2 amide bonds. The van der Waals surface area contributed by atoms with E-state index in [9.17, 15) is 9.59 Å². The minimum Gasteiger partial charge on any atom is -0.461 e. The third-order valence-electron chi connectivity index (χ3n) is 4.53. The van der Waals surface area contributed by atoms with Gasteiger partial charge in [-0.25, -0.2) is 0 Å². The zero-order valence-corrected chi connectivity index (χ0v) is 16.5. The van der Waals surface area contributed by atoms with Crippen molar-refractivity contribution in [2.24, 2.45) is 5.73 Å². The third-order valence-corrected chi connectivity index (χ3v) is 5.76. The molecular formula is C20H21N5O3S. The lowest BCUT2D eigenvalue weighted by Gasteiger charge is -2.17.